The molecule has 7 heteroatoms. The Labute approximate surface area is 138 Å². The van der Waals surface area contributed by atoms with Crippen molar-refractivity contribution in [1.29, 1.82) is 0 Å². The summed E-state index contributed by atoms with van der Waals surface area (Å²) in [4.78, 5) is 25.4. The number of halogens is 1. The maximum atomic E-state index is 13.0. The highest BCUT2D eigenvalue weighted by atomic mass is 32.2. The Morgan fingerprint density at radius 3 is 2.91 bits per heavy atom. The Bertz CT molecular complexity index is 595. The molecule has 0 spiro atoms. The first kappa shape index (κ1) is 16.9. The fourth-order valence-electron chi connectivity index (χ4n) is 2.15. The van der Waals surface area contributed by atoms with Gasteiger partial charge in [-0.05, 0) is 31.0 Å². The third-order valence-electron chi connectivity index (χ3n) is 3.27. The van der Waals surface area contributed by atoms with E-state index in [1.807, 2.05) is 6.92 Å². The highest BCUT2D eigenvalue weighted by Crippen LogP contribution is 2.29. The Hall–Kier alpha value is -1.47. The summed E-state index contributed by atoms with van der Waals surface area (Å²) in [7, 11) is 0. The average molecular weight is 340 g/mol. The van der Waals surface area contributed by atoms with E-state index >= 15 is 0 Å². The monoisotopic (exact) mass is 340 g/mol. The van der Waals surface area contributed by atoms with Gasteiger partial charge in [0.1, 0.15) is 10.1 Å². The van der Waals surface area contributed by atoms with Gasteiger partial charge in [0.25, 0.3) is 0 Å². The number of anilines is 1. The van der Waals surface area contributed by atoms with Crippen LogP contribution in [0.3, 0.4) is 0 Å². The molecule has 2 rings (SSSR count). The van der Waals surface area contributed by atoms with Gasteiger partial charge in [-0.25, -0.2) is 4.39 Å². The van der Waals surface area contributed by atoms with Crippen LogP contribution >= 0.6 is 24.0 Å². The third-order valence-corrected chi connectivity index (χ3v) is 5.02. The average Bonchev–Trinajstić information content (AvgIpc) is 2.74. The van der Waals surface area contributed by atoms with Crippen molar-refractivity contribution < 1.29 is 14.0 Å². The lowest BCUT2D eigenvalue weighted by atomic mass is 10.2. The molecule has 4 nitrogen and oxygen atoms in total. The molecule has 118 valence electrons. The van der Waals surface area contributed by atoms with Gasteiger partial charge >= 0.3 is 0 Å². The fourth-order valence-corrected chi connectivity index (χ4v) is 3.62. The van der Waals surface area contributed by atoms with E-state index in [1.165, 1.54) is 30.0 Å². The molecule has 0 aliphatic carbocycles. The van der Waals surface area contributed by atoms with E-state index < -0.39 is 5.82 Å². The Morgan fingerprint density at radius 1 is 1.50 bits per heavy atom. The number of benzene rings is 1. The van der Waals surface area contributed by atoms with E-state index in [9.17, 15) is 14.0 Å². The van der Waals surface area contributed by atoms with Crippen molar-refractivity contribution >= 4 is 45.8 Å². The summed E-state index contributed by atoms with van der Waals surface area (Å²) in [5, 5.41) is 2.54. The Balaban J connectivity index is 1.78. The maximum Gasteiger partial charge on any atom is 0.241 e. The predicted octanol–water partition coefficient (Wildman–Crippen LogP) is 3.18. The molecule has 1 fully saturated rings. The van der Waals surface area contributed by atoms with Gasteiger partial charge < -0.3 is 5.32 Å². The summed E-state index contributed by atoms with van der Waals surface area (Å²) in [5.41, 5.74) is 0.430. The molecular formula is C15H17FN2O2S2. The van der Waals surface area contributed by atoms with Crippen LogP contribution in [0.2, 0.25) is 0 Å². The van der Waals surface area contributed by atoms with E-state index in [0.717, 1.165) is 6.42 Å². The van der Waals surface area contributed by atoms with Gasteiger partial charge in [0.05, 0.1) is 5.25 Å². The van der Waals surface area contributed by atoms with Crippen molar-refractivity contribution in [2.24, 2.45) is 0 Å². The smallest absolute Gasteiger partial charge is 0.241 e. The molecule has 1 aliphatic heterocycles. The molecule has 1 unspecified atom stereocenters. The summed E-state index contributed by atoms with van der Waals surface area (Å²) >= 11 is 6.60. The summed E-state index contributed by atoms with van der Waals surface area (Å²) in [5.74, 6) is -0.570. The first-order valence-corrected chi connectivity index (χ1v) is 8.37. The zero-order valence-electron chi connectivity index (χ0n) is 12.2. The lowest BCUT2D eigenvalue weighted by molar-refractivity contribution is -0.126. The minimum Gasteiger partial charge on any atom is -0.326 e. The molecule has 1 saturated heterocycles. The summed E-state index contributed by atoms with van der Waals surface area (Å²) in [6.07, 6.45) is 1.52. The number of carbonyl (C=O) groups excluding carboxylic acids is 2. The van der Waals surface area contributed by atoms with E-state index in [4.69, 9.17) is 12.2 Å². The highest BCUT2D eigenvalue weighted by Gasteiger charge is 2.35. The molecule has 1 atom stereocenters. The van der Waals surface area contributed by atoms with Crippen LogP contribution in [0, 0.1) is 5.82 Å². The van der Waals surface area contributed by atoms with Crippen LogP contribution in [0.1, 0.15) is 26.2 Å². The van der Waals surface area contributed by atoms with Gasteiger partial charge in [0.2, 0.25) is 11.8 Å². The SMILES string of the molecule is CCC1SC(=S)N(CCCC(=O)Nc2cccc(F)c2)C1=O. The van der Waals surface area contributed by atoms with Crippen molar-refractivity contribution in [2.75, 3.05) is 11.9 Å². The minimum absolute atomic E-state index is 0.0306. The first-order valence-electron chi connectivity index (χ1n) is 7.08. The molecule has 1 heterocycles. The molecule has 22 heavy (non-hydrogen) atoms. The molecule has 0 saturated carbocycles. The number of amides is 2. The maximum absolute atomic E-state index is 13.0. The van der Waals surface area contributed by atoms with Crippen LogP contribution in [-0.4, -0.2) is 32.8 Å². The predicted molar refractivity (Wildman–Crippen MR) is 90.2 cm³/mol. The van der Waals surface area contributed by atoms with Crippen LogP contribution in [0.25, 0.3) is 0 Å². The van der Waals surface area contributed by atoms with Crippen molar-refractivity contribution in [1.82, 2.24) is 4.90 Å². The standard InChI is InChI=1S/C15H17FN2O2S2/c1-2-12-14(20)18(15(21)22-12)8-4-7-13(19)17-11-6-3-5-10(16)9-11/h3,5-6,9,12H,2,4,7-8H2,1H3,(H,17,19). The second-order valence-corrected chi connectivity index (χ2v) is 6.77. The lowest BCUT2D eigenvalue weighted by Gasteiger charge is -2.15. The van der Waals surface area contributed by atoms with Gasteiger partial charge in [-0.3, -0.25) is 14.5 Å². The highest BCUT2D eigenvalue weighted by molar-refractivity contribution is 8.24. The first-order chi connectivity index (χ1) is 10.5. The van der Waals surface area contributed by atoms with E-state index in [1.54, 1.807) is 11.0 Å². The van der Waals surface area contributed by atoms with Crippen molar-refractivity contribution in [2.45, 2.75) is 31.4 Å². The number of carbonyl (C=O) groups is 2. The number of thiocarbonyl (C=S) groups is 1. The molecule has 1 aliphatic rings. The number of hydrogen-bond acceptors (Lipinski definition) is 4. The molecule has 0 radical (unpaired) electrons. The molecule has 0 bridgehead atoms. The second kappa shape index (κ2) is 7.69. The number of nitrogens with one attached hydrogen (secondary N) is 1. The van der Waals surface area contributed by atoms with Crippen molar-refractivity contribution in [3.05, 3.63) is 30.1 Å². The van der Waals surface area contributed by atoms with Gasteiger partial charge in [0, 0.05) is 18.7 Å². The topological polar surface area (TPSA) is 49.4 Å². The van der Waals surface area contributed by atoms with Crippen molar-refractivity contribution in [3.63, 3.8) is 0 Å². The number of nitrogens with zero attached hydrogens (tertiary/aromatic N) is 1. The largest absolute Gasteiger partial charge is 0.326 e. The molecule has 2 amide bonds. The van der Waals surface area contributed by atoms with Crippen LogP contribution in [-0.2, 0) is 9.59 Å². The molecule has 0 aromatic heterocycles. The Kier molecular flexibility index (Phi) is 5.90. The van der Waals surface area contributed by atoms with E-state index in [0.29, 0.717) is 23.0 Å². The van der Waals surface area contributed by atoms with Crippen LogP contribution in [0.15, 0.2) is 24.3 Å². The number of thioether (sulfide) groups is 1. The quantitative estimate of drug-likeness (QED) is 0.808. The van der Waals surface area contributed by atoms with Gasteiger partial charge in [-0.1, -0.05) is 37.0 Å². The number of rotatable bonds is 6. The fraction of sp³-hybridized carbons (Fsp3) is 0.400. The molecule has 1 aromatic rings. The van der Waals surface area contributed by atoms with Crippen molar-refractivity contribution in [3.8, 4) is 0 Å². The zero-order chi connectivity index (χ0) is 16.1. The minimum atomic E-state index is -0.395. The molecule has 1 aromatic carbocycles. The third kappa shape index (κ3) is 4.27. The van der Waals surface area contributed by atoms with Gasteiger partial charge in [-0.15, -0.1) is 0 Å². The van der Waals surface area contributed by atoms with E-state index in [2.05, 4.69) is 5.32 Å². The zero-order valence-corrected chi connectivity index (χ0v) is 13.8. The summed E-state index contributed by atoms with van der Waals surface area (Å²) in [6, 6.07) is 5.74. The van der Waals surface area contributed by atoms with Gasteiger partial charge in [-0.2, -0.15) is 0 Å². The summed E-state index contributed by atoms with van der Waals surface area (Å²) < 4.78 is 13.6. The molecular weight excluding hydrogens is 323 g/mol. The second-order valence-electron chi connectivity index (χ2n) is 4.93. The Morgan fingerprint density at radius 2 is 2.27 bits per heavy atom. The van der Waals surface area contributed by atoms with Crippen LogP contribution in [0.5, 0.6) is 0 Å². The van der Waals surface area contributed by atoms with E-state index in [-0.39, 0.29) is 23.5 Å². The molecule has 1 N–H and O–H groups in total. The van der Waals surface area contributed by atoms with Crippen LogP contribution < -0.4 is 5.32 Å². The lowest BCUT2D eigenvalue weighted by Crippen LogP contribution is -2.32. The summed E-state index contributed by atoms with van der Waals surface area (Å²) in [6.45, 7) is 2.39. The normalized spacial score (nSPS) is 17.9. The number of hydrogen-bond donors (Lipinski definition) is 1. The van der Waals surface area contributed by atoms with Crippen LogP contribution in [0.4, 0.5) is 10.1 Å². The van der Waals surface area contributed by atoms with Gasteiger partial charge in [0.15, 0.2) is 0 Å².